The van der Waals surface area contributed by atoms with Crippen molar-refractivity contribution in [2.45, 2.75) is 13.5 Å². The van der Waals surface area contributed by atoms with Crippen LogP contribution in [0.1, 0.15) is 32.1 Å². The van der Waals surface area contributed by atoms with Gasteiger partial charge in [-0.3, -0.25) is 14.0 Å². The van der Waals surface area contributed by atoms with Crippen LogP contribution >= 0.6 is 0 Å². The molecule has 0 aliphatic heterocycles. The predicted octanol–water partition coefficient (Wildman–Crippen LogP) is 1.30. The van der Waals surface area contributed by atoms with Crippen molar-refractivity contribution in [1.29, 1.82) is 0 Å². The van der Waals surface area contributed by atoms with E-state index >= 15 is 0 Å². The Kier molecular flexibility index (Phi) is 4.80. The van der Waals surface area contributed by atoms with E-state index in [0.717, 1.165) is 5.56 Å². The monoisotopic (exact) mass is 402 g/mol. The van der Waals surface area contributed by atoms with Gasteiger partial charge in [0.25, 0.3) is 11.8 Å². The summed E-state index contributed by atoms with van der Waals surface area (Å²) < 4.78 is 1.66. The molecular formula is C20H18N8O2. The first-order valence-electron chi connectivity index (χ1n) is 9.06. The van der Waals surface area contributed by atoms with E-state index in [0.29, 0.717) is 23.6 Å². The number of amides is 2. The van der Waals surface area contributed by atoms with Crippen molar-refractivity contribution in [3.8, 4) is 11.5 Å². The van der Waals surface area contributed by atoms with Crippen LogP contribution < -0.4 is 16.8 Å². The lowest BCUT2D eigenvalue weighted by atomic mass is 10.2. The van der Waals surface area contributed by atoms with Crippen LogP contribution in [0, 0.1) is 6.92 Å². The smallest absolute Gasteiger partial charge is 0.273 e. The molecule has 0 saturated carbocycles. The Morgan fingerprint density at radius 1 is 1.00 bits per heavy atom. The molecule has 10 nitrogen and oxygen atoms in total. The highest BCUT2D eigenvalue weighted by atomic mass is 16.1. The van der Waals surface area contributed by atoms with Gasteiger partial charge in [0.05, 0.1) is 11.3 Å². The van der Waals surface area contributed by atoms with Gasteiger partial charge < -0.3 is 16.8 Å². The third kappa shape index (κ3) is 3.41. The Morgan fingerprint density at radius 2 is 1.77 bits per heavy atom. The molecule has 3 aromatic heterocycles. The van der Waals surface area contributed by atoms with Gasteiger partial charge in [-0.15, -0.1) is 10.2 Å². The van der Waals surface area contributed by atoms with Gasteiger partial charge in [-0.1, -0.05) is 30.3 Å². The topological polar surface area (TPSA) is 154 Å². The third-order valence-electron chi connectivity index (χ3n) is 4.52. The lowest BCUT2D eigenvalue weighted by Crippen LogP contribution is -2.19. The van der Waals surface area contributed by atoms with Crippen molar-refractivity contribution in [2.24, 2.45) is 11.5 Å². The maximum absolute atomic E-state index is 11.8. The molecule has 3 heterocycles. The highest BCUT2D eigenvalue weighted by Gasteiger charge is 2.21. The fourth-order valence-corrected chi connectivity index (χ4v) is 3.14. The van der Waals surface area contributed by atoms with E-state index in [1.165, 1.54) is 0 Å². The number of nitrogens with one attached hydrogen (secondary N) is 1. The average molecular weight is 402 g/mol. The molecule has 150 valence electrons. The van der Waals surface area contributed by atoms with Gasteiger partial charge in [0, 0.05) is 12.7 Å². The molecule has 0 atom stereocenters. The molecule has 4 rings (SSSR count). The van der Waals surface area contributed by atoms with Crippen LogP contribution in [0.2, 0.25) is 0 Å². The van der Waals surface area contributed by atoms with Crippen molar-refractivity contribution in [1.82, 2.24) is 24.6 Å². The summed E-state index contributed by atoms with van der Waals surface area (Å²) in [5.74, 6) is -0.910. The van der Waals surface area contributed by atoms with Crippen LogP contribution in [0.15, 0.2) is 48.7 Å². The van der Waals surface area contributed by atoms with E-state index in [2.05, 4.69) is 25.5 Å². The number of nitrogens with zero attached hydrogens (tertiary/aromatic N) is 5. The minimum absolute atomic E-state index is 0.0704. The Hall–Kier alpha value is -4.34. The Bertz CT molecular complexity index is 1270. The fraction of sp³-hybridized carbons (Fsp3) is 0.100. The molecule has 30 heavy (non-hydrogen) atoms. The number of anilines is 1. The second-order valence-corrected chi connectivity index (χ2v) is 6.56. The third-order valence-corrected chi connectivity index (χ3v) is 4.52. The largest absolute Gasteiger partial charge is 0.365 e. The number of hydrogen-bond donors (Lipinski definition) is 3. The lowest BCUT2D eigenvalue weighted by molar-refractivity contribution is 0.0989. The zero-order valence-electron chi connectivity index (χ0n) is 16.0. The molecule has 0 radical (unpaired) electrons. The number of aryl methyl sites for hydroxylation is 1. The molecule has 0 aliphatic carbocycles. The molecule has 0 saturated heterocycles. The van der Waals surface area contributed by atoms with Gasteiger partial charge in [-0.05, 0) is 24.6 Å². The lowest BCUT2D eigenvalue weighted by Gasteiger charge is -2.10. The van der Waals surface area contributed by atoms with Crippen LogP contribution in [0.3, 0.4) is 0 Å². The molecule has 1 aromatic carbocycles. The maximum Gasteiger partial charge on any atom is 0.273 e. The number of carbonyl (C=O) groups excluding carboxylic acids is 2. The summed E-state index contributed by atoms with van der Waals surface area (Å²) in [5, 5.41) is 11.1. The second-order valence-electron chi connectivity index (χ2n) is 6.56. The SMILES string of the molecule is Cc1nc2c(C(N)=O)cccn2c1-c1nnc(C(N)=O)c(NCc2ccccc2)n1. The summed E-state index contributed by atoms with van der Waals surface area (Å²) in [7, 11) is 0. The van der Waals surface area contributed by atoms with Gasteiger partial charge in [-0.25, -0.2) is 9.97 Å². The number of imidazole rings is 1. The average Bonchev–Trinajstić information content (AvgIpc) is 3.08. The van der Waals surface area contributed by atoms with Crippen molar-refractivity contribution in [2.75, 3.05) is 5.32 Å². The van der Waals surface area contributed by atoms with Gasteiger partial charge in [0.1, 0.15) is 11.3 Å². The molecule has 10 heteroatoms. The van der Waals surface area contributed by atoms with Crippen LogP contribution in [0.5, 0.6) is 0 Å². The van der Waals surface area contributed by atoms with Gasteiger partial charge in [0.15, 0.2) is 11.5 Å². The van der Waals surface area contributed by atoms with Gasteiger partial charge in [-0.2, -0.15) is 0 Å². The van der Waals surface area contributed by atoms with Crippen molar-refractivity contribution in [3.63, 3.8) is 0 Å². The second kappa shape index (κ2) is 7.59. The summed E-state index contributed by atoms with van der Waals surface area (Å²) in [6.45, 7) is 2.17. The molecule has 0 fully saturated rings. The normalized spacial score (nSPS) is 10.8. The number of benzene rings is 1. The summed E-state index contributed by atoms with van der Waals surface area (Å²) in [5.41, 5.74) is 13.6. The first-order valence-corrected chi connectivity index (χ1v) is 9.06. The highest BCUT2D eigenvalue weighted by Crippen LogP contribution is 2.25. The number of pyridine rings is 1. The molecule has 5 N–H and O–H groups in total. The highest BCUT2D eigenvalue weighted by molar-refractivity contribution is 5.99. The van der Waals surface area contributed by atoms with E-state index in [9.17, 15) is 9.59 Å². The number of rotatable bonds is 6. The number of hydrogen-bond acceptors (Lipinski definition) is 7. The molecule has 0 spiro atoms. The Labute approximate surface area is 171 Å². The summed E-state index contributed by atoms with van der Waals surface area (Å²) in [4.78, 5) is 32.4. The van der Waals surface area contributed by atoms with Crippen LogP contribution in [-0.2, 0) is 6.54 Å². The van der Waals surface area contributed by atoms with E-state index in [1.54, 1.807) is 29.7 Å². The van der Waals surface area contributed by atoms with Crippen molar-refractivity contribution >= 4 is 23.3 Å². The number of aromatic nitrogens is 5. The zero-order valence-corrected chi connectivity index (χ0v) is 16.0. The van der Waals surface area contributed by atoms with Crippen molar-refractivity contribution in [3.05, 3.63) is 71.2 Å². The van der Waals surface area contributed by atoms with Crippen LogP contribution in [0.25, 0.3) is 17.2 Å². The minimum Gasteiger partial charge on any atom is -0.365 e. The zero-order chi connectivity index (χ0) is 21.3. The molecule has 4 aromatic rings. The van der Waals surface area contributed by atoms with E-state index in [-0.39, 0.29) is 22.9 Å². The Balaban J connectivity index is 1.80. The molecular weight excluding hydrogens is 384 g/mol. The number of fused-ring (bicyclic) bond motifs is 1. The summed E-state index contributed by atoms with van der Waals surface area (Å²) >= 11 is 0. The number of carbonyl (C=O) groups is 2. The van der Waals surface area contributed by atoms with E-state index in [4.69, 9.17) is 11.5 Å². The fourth-order valence-electron chi connectivity index (χ4n) is 3.14. The van der Waals surface area contributed by atoms with Crippen molar-refractivity contribution < 1.29 is 9.59 Å². The number of primary amides is 2. The first-order chi connectivity index (χ1) is 14.5. The first kappa shape index (κ1) is 19.0. The van der Waals surface area contributed by atoms with E-state index in [1.807, 2.05) is 30.3 Å². The number of nitrogens with two attached hydrogens (primary N) is 2. The molecule has 2 amide bonds. The predicted molar refractivity (Wildman–Crippen MR) is 110 cm³/mol. The van der Waals surface area contributed by atoms with Gasteiger partial charge >= 0.3 is 0 Å². The standard InChI is InChI=1S/C20H18N8O2/c1-11-15(28-9-5-8-13(16(21)29)20(28)24-11)19-25-18(14(17(22)30)26-27-19)23-10-12-6-3-2-4-7-12/h2-9H,10H2,1H3,(H2,21,29)(H2,22,30)(H,23,25,27). The van der Waals surface area contributed by atoms with E-state index < -0.39 is 11.8 Å². The molecule has 0 unspecified atom stereocenters. The van der Waals surface area contributed by atoms with Gasteiger partial charge in [0.2, 0.25) is 5.82 Å². The van der Waals surface area contributed by atoms with Crippen LogP contribution in [-0.4, -0.2) is 36.4 Å². The summed E-state index contributed by atoms with van der Waals surface area (Å²) in [6.07, 6.45) is 1.72. The van der Waals surface area contributed by atoms with Crippen LogP contribution in [0.4, 0.5) is 5.82 Å². The summed E-state index contributed by atoms with van der Waals surface area (Å²) in [6, 6.07) is 12.9. The molecule has 0 bridgehead atoms. The Morgan fingerprint density at radius 3 is 2.47 bits per heavy atom. The molecule has 0 aliphatic rings. The maximum atomic E-state index is 11.8. The minimum atomic E-state index is -0.747. The quantitative estimate of drug-likeness (QED) is 0.439.